The molecular weight excluding hydrogens is 216 g/mol. The molecule has 0 unspecified atom stereocenters. The van der Waals surface area contributed by atoms with Crippen LogP contribution >= 0.6 is 0 Å². The van der Waals surface area contributed by atoms with Crippen molar-refractivity contribution in [2.24, 2.45) is 5.73 Å². The number of hydrogen-bond donors (Lipinski definition) is 1. The van der Waals surface area contributed by atoms with Gasteiger partial charge in [0, 0.05) is 25.7 Å². The third-order valence-electron chi connectivity index (χ3n) is 2.15. The van der Waals surface area contributed by atoms with Crippen LogP contribution in [0.3, 0.4) is 0 Å². The summed E-state index contributed by atoms with van der Waals surface area (Å²) in [5, 5.41) is 0. The van der Waals surface area contributed by atoms with Crippen molar-refractivity contribution < 1.29 is 9.53 Å². The largest absolute Gasteiger partial charge is 0.497 e. The first kappa shape index (κ1) is 15.4. The molecule has 0 aliphatic rings. The van der Waals surface area contributed by atoms with Crippen LogP contribution in [0.1, 0.15) is 24.2 Å². The van der Waals surface area contributed by atoms with E-state index in [0.717, 1.165) is 5.75 Å². The summed E-state index contributed by atoms with van der Waals surface area (Å²) in [6.07, 6.45) is 0. The Kier molecular flexibility index (Phi) is 7.80. The molecule has 0 bridgehead atoms. The van der Waals surface area contributed by atoms with Gasteiger partial charge in [-0.25, -0.2) is 0 Å². The Morgan fingerprint density at radius 2 is 1.82 bits per heavy atom. The zero-order valence-electron chi connectivity index (χ0n) is 11.1. The molecule has 1 aromatic carbocycles. The van der Waals surface area contributed by atoms with E-state index in [-0.39, 0.29) is 5.91 Å². The fraction of sp³-hybridized carbons (Fsp3) is 0.462. The number of ether oxygens (including phenoxy) is 1. The summed E-state index contributed by atoms with van der Waals surface area (Å²) in [5.41, 5.74) is 6.02. The van der Waals surface area contributed by atoms with Crippen molar-refractivity contribution in [3.05, 3.63) is 29.8 Å². The number of amides is 1. The Balaban J connectivity index is 0.00000121. The molecule has 0 spiro atoms. The number of benzene rings is 1. The van der Waals surface area contributed by atoms with Gasteiger partial charge in [0.2, 0.25) is 0 Å². The second-order valence-electron chi connectivity index (χ2n) is 3.24. The Hall–Kier alpha value is -1.55. The van der Waals surface area contributed by atoms with Crippen molar-refractivity contribution in [2.75, 3.05) is 27.2 Å². The highest BCUT2D eigenvalue weighted by atomic mass is 16.5. The van der Waals surface area contributed by atoms with Gasteiger partial charge in [0.15, 0.2) is 0 Å². The molecule has 1 aromatic rings. The molecule has 4 heteroatoms. The van der Waals surface area contributed by atoms with Crippen LogP contribution in [0.2, 0.25) is 0 Å². The standard InChI is InChI=1S/C11H16N2O2.C2H6/c1-13(8-7-12)11(14)9-3-5-10(15-2)6-4-9;1-2/h3-6H,7-8,12H2,1-2H3;1-2H3. The minimum Gasteiger partial charge on any atom is -0.497 e. The number of nitrogens with two attached hydrogens (primary N) is 1. The molecule has 0 saturated carbocycles. The molecule has 0 radical (unpaired) electrons. The summed E-state index contributed by atoms with van der Waals surface area (Å²) in [4.78, 5) is 13.4. The minimum atomic E-state index is -0.0249. The number of nitrogens with zero attached hydrogens (tertiary/aromatic N) is 1. The molecular formula is C13H22N2O2. The molecule has 1 rings (SSSR count). The fourth-order valence-electron chi connectivity index (χ4n) is 1.25. The van der Waals surface area contributed by atoms with Gasteiger partial charge >= 0.3 is 0 Å². The molecule has 4 nitrogen and oxygen atoms in total. The normalized spacial score (nSPS) is 9.00. The van der Waals surface area contributed by atoms with Crippen LogP contribution in [0.4, 0.5) is 0 Å². The molecule has 0 aromatic heterocycles. The van der Waals surface area contributed by atoms with E-state index in [0.29, 0.717) is 18.7 Å². The molecule has 0 aliphatic carbocycles. The van der Waals surface area contributed by atoms with E-state index >= 15 is 0 Å². The summed E-state index contributed by atoms with van der Waals surface area (Å²) < 4.78 is 5.01. The van der Waals surface area contributed by atoms with E-state index in [1.807, 2.05) is 13.8 Å². The van der Waals surface area contributed by atoms with Gasteiger partial charge < -0.3 is 15.4 Å². The number of carbonyl (C=O) groups excluding carboxylic acids is 1. The van der Waals surface area contributed by atoms with Crippen LogP contribution in [0.15, 0.2) is 24.3 Å². The number of hydrogen-bond acceptors (Lipinski definition) is 3. The molecule has 1 amide bonds. The maximum absolute atomic E-state index is 11.8. The van der Waals surface area contributed by atoms with Crippen LogP contribution in [0.5, 0.6) is 5.75 Å². The van der Waals surface area contributed by atoms with Gasteiger partial charge in [0.1, 0.15) is 5.75 Å². The quantitative estimate of drug-likeness (QED) is 0.869. The topological polar surface area (TPSA) is 55.6 Å². The van der Waals surface area contributed by atoms with E-state index in [1.165, 1.54) is 0 Å². The van der Waals surface area contributed by atoms with Gasteiger partial charge in [-0.2, -0.15) is 0 Å². The predicted molar refractivity (Wildman–Crippen MR) is 70.4 cm³/mol. The maximum Gasteiger partial charge on any atom is 0.253 e. The molecule has 2 N–H and O–H groups in total. The van der Waals surface area contributed by atoms with Gasteiger partial charge in [-0.3, -0.25) is 4.79 Å². The van der Waals surface area contributed by atoms with Crippen LogP contribution in [0, 0.1) is 0 Å². The third-order valence-corrected chi connectivity index (χ3v) is 2.15. The van der Waals surface area contributed by atoms with Crippen molar-refractivity contribution >= 4 is 5.91 Å². The van der Waals surface area contributed by atoms with E-state index in [1.54, 1.807) is 43.3 Å². The summed E-state index contributed by atoms with van der Waals surface area (Å²) in [5.74, 6) is 0.719. The highest BCUT2D eigenvalue weighted by Gasteiger charge is 2.10. The number of rotatable bonds is 4. The van der Waals surface area contributed by atoms with Gasteiger partial charge in [-0.15, -0.1) is 0 Å². The predicted octanol–water partition coefficient (Wildman–Crippen LogP) is 1.75. The van der Waals surface area contributed by atoms with E-state index < -0.39 is 0 Å². The van der Waals surface area contributed by atoms with Crippen LogP contribution in [-0.4, -0.2) is 38.1 Å². The zero-order valence-corrected chi connectivity index (χ0v) is 11.1. The molecule has 0 atom stereocenters. The van der Waals surface area contributed by atoms with Crippen LogP contribution in [0.25, 0.3) is 0 Å². The summed E-state index contributed by atoms with van der Waals surface area (Å²) in [7, 11) is 3.33. The Bertz CT molecular complexity index is 323. The fourth-order valence-corrected chi connectivity index (χ4v) is 1.25. The highest BCUT2D eigenvalue weighted by molar-refractivity contribution is 5.94. The average molecular weight is 238 g/mol. The number of carbonyl (C=O) groups is 1. The lowest BCUT2D eigenvalue weighted by atomic mass is 10.2. The summed E-state index contributed by atoms with van der Waals surface area (Å²) >= 11 is 0. The zero-order chi connectivity index (χ0) is 13.3. The van der Waals surface area contributed by atoms with Gasteiger partial charge in [-0.1, -0.05) is 13.8 Å². The average Bonchev–Trinajstić information content (AvgIpc) is 2.40. The Labute approximate surface area is 103 Å². The monoisotopic (exact) mass is 238 g/mol. The maximum atomic E-state index is 11.8. The first-order valence-corrected chi connectivity index (χ1v) is 5.78. The SMILES string of the molecule is CC.COc1ccc(C(=O)N(C)CCN)cc1. The van der Waals surface area contributed by atoms with Crippen molar-refractivity contribution in [1.82, 2.24) is 4.90 Å². The Morgan fingerprint density at radius 3 is 2.24 bits per heavy atom. The molecule has 0 heterocycles. The molecule has 96 valence electrons. The van der Waals surface area contributed by atoms with Crippen molar-refractivity contribution in [3.63, 3.8) is 0 Å². The minimum absolute atomic E-state index is 0.0249. The molecule has 0 fully saturated rings. The van der Waals surface area contributed by atoms with Gasteiger partial charge in [0.05, 0.1) is 7.11 Å². The van der Waals surface area contributed by atoms with Crippen molar-refractivity contribution in [1.29, 1.82) is 0 Å². The molecule has 0 aliphatic heterocycles. The lowest BCUT2D eigenvalue weighted by Crippen LogP contribution is -2.31. The smallest absolute Gasteiger partial charge is 0.253 e. The number of likely N-dealkylation sites (N-methyl/N-ethyl adjacent to an activating group) is 1. The Morgan fingerprint density at radius 1 is 1.29 bits per heavy atom. The molecule has 0 saturated heterocycles. The third kappa shape index (κ3) is 4.87. The first-order chi connectivity index (χ1) is 8.19. The highest BCUT2D eigenvalue weighted by Crippen LogP contribution is 2.12. The summed E-state index contributed by atoms with van der Waals surface area (Å²) in [6.45, 7) is 5.03. The van der Waals surface area contributed by atoms with Gasteiger partial charge in [0.25, 0.3) is 5.91 Å². The van der Waals surface area contributed by atoms with E-state index in [9.17, 15) is 4.79 Å². The summed E-state index contributed by atoms with van der Waals surface area (Å²) in [6, 6.07) is 7.02. The number of methoxy groups -OCH3 is 1. The second kappa shape index (κ2) is 8.58. The van der Waals surface area contributed by atoms with Gasteiger partial charge in [-0.05, 0) is 24.3 Å². The van der Waals surface area contributed by atoms with Crippen LogP contribution in [-0.2, 0) is 0 Å². The molecule has 17 heavy (non-hydrogen) atoms. The van der Waals surface area contributed by atoms with Crippen molar-refractivity contribution in [2.45, 2.75) is 13.8 Å². The second-order valence-corrected chi connectivity index (χ2v) is 3.24. The van der Waals surface area contributed by atoms with Crippen molar-refractivity contribution in [3.8, 4) is 5.75 Å². The van der Waals surface area contributed by atoms with Crippen LogP contribution < -0.4 is 10.5 Å². The van der Waals surface area contributed by atoms with E-state index in [4.69, 9.17) is 10.5 Å². The lowest BCUT2D eigenvalue weighted by Gasteiger charge is -2.15. The first-order valence-electron chi connectivity index (χ1n) is 5.78. The lowest BCUT2D eigenvalue weighted by molar-refractivity contribution is 0.0799. The van der Waals surface area contributed by atoms with E-state index in [2.05, 4.69) is 0 Å².